The second-order valence-corrected chi connectivity index (χ2v) is 6.18. The summed E-state index contributed by atoms with van der Waals surface area (Å²) in [4.78, 5) is 4.56. The van der Waals surface area contributed by atoms with Crippen molar-refractivity contribution >= 4 is 38.2 Å². The molecule has 1 atom stereocenters. The van der Waals surface area contributed by atoms with Gasteiger partial charge in [0.15, 0.2) is 5.76 Å². The molecule has 2 heterocycles. The maximum atomic E-state index is 5.99. The van der Waals surface area contributed by atoms with Gasteiger partial charge in [-0.1, -0.05) is 22.9 Å². The molecule has 98 valence electrons. The maximum Gasteiger partial charge on any atom is 0.154 e. The van der Waals surface area contributed by atoms with Gasteiger partial charge in [-0.15, -0.1) is 11.3 Å². The molecule has 0 fully saturated rings. The average Bonchev–Trinajstić information content (AvgIpc) is 3.03. The SMILES string of the molecule is CCC(N)c1nc(-c2cc3cc(Br)ccc3o2)cs1. The number of hydrogen-bond acceptors (Lipinski definition) is 4. The highest BCUT2D eigenvalue weighted by atomic mass is 79.9. The van der Waals surface area contributed by atoms with Crippen molar-refractivity contribution in [1.29, 1.82) is 0 Å². The predicted molar refractivity (Wildman–Crippen MR) is 82.2 cm³/mol. The van der Waals surface area contributed by atoms with Crippen LogP contribution in [-0.2, 0) is 0 Å². The number of nitrogens with zero attached hydrogens (tertiary/aromatic N) is 1. The Kier molecular flexibility index (Phi) is 3.43. The van der Waals surface area contributed by atoms with E-state index in [9.17, 15) is 0 Å². The van der Waals surface area contributed by atoms with E-state index in [-0.39, 0.29) is 6.04 Å². The lowest BCUT2D eigenvalue weighted by Gasteiger charge is -2.01. The van der Waals surface area contributed by atoms with E-state index in [4.69, 9.17) is 10.2 Å². The van der Waals surface area contributed by atoms with E-state index < -0.39 is 0 Å². The largest absolute Gasteiger partial charge is 0.454 e. The van der Waals surface area contributed by atoms with Crippen LogP contribution in [0, 0.1) is 0 Å². The van der Waals surface area contributed by atoms with Gasteiger partial charge in [-0.2, -0.15) is 0 Å². The topological polar surface area (TPSA) is 52.0 Å². The highest BCUT2D eigenvalue weighted by molar-refractivity contribution is 9.10. The number of benzene rings is 1. The van der Waals surface area contributed by atoms with Crippen LogP contribution in [0.4, 0.5) is 0 Å². The van der Waals surface area contributed by atoms with Crippen molar-refractivity contribution in [2.75, 3.05) is 0 Å². The van der Waals surface area contributed by atoms with Crippen LogP contribution < -0.4 is 5.73 Å². The highest BCUT2D eigenvalue weighted by Gasteiger charge is 2.13. The van der Waals surface area contributed by atoms with E-state index in [1.165, 1.54) is 0 Å². The van der Waals surface area contributed by atoms with E-state index in [1.54, 1.807) is 11.3 Å². The number of thiazole rings is 1. The van der Waals surface area contributed by atoms with E-state index in [1.807, 2.05) is 29.6 Å². The smallest absolute Gasteiger partial charge is 0.154 e. The summed E-state index contributed by atoms with van der Waals surface area (Å²) in [6, 6.07) is 7.98. The van der Waals surface area contributed by atoms with Gasteiger partial charge in [0, 0.05) is 15.2 Å². The third-order valence-electron chi connectivity index (χ3n) is 3.01. The molecule has 1 aromatic carbocycles. The van der Waals surface area contributed by atoms with Gasteiger partial charge in [0.25, 0.3) is 0 Å². The van der Waals surface area contributed by atoms with Crippen LogP contribution in [0.2, 0.25) is 0 Å². The van der Waals surface area contributed by atoms with E-state index >= 15 is 0 Å². The lowest BCUT2D eigenvalue weighted by atomic mass is 10.2. The quantitative estimate of drug-likeness (QED) is 0.752. The van der Waals surface area contributed by atoms with Crippen molar-refractivity contribution in [1.82, 2.24) is 4.98 Å². The van der Waals surface area contributed by atoms with Crippen molar-refractivity contribution in [3.8, 4) is 11.5 Å². The third kappa shape index (κ3) is 2.45. The summed E-state index contributed by atoms with van der Waals surface area (Å²) in [5.41, 5.74) is 7.72. The van der Waals surface area contributed by atoms with Crippen LogP contribution in [-0.4, -0.2) is 4.98 Å². The number of furan rings is 1. The molecular formula is C14H13BrN2OS. The summed E-state index contributed by atoms with van der Waals surface area (Å²) < 4.78 is 6.86. The summed E-state index contributed by atoms with van der Waals surface area (Å²) in [5.74, 6) is 0.791. The number of halogens is 1. The van der Waals surface area contributed by atoms with Crippen molar-refractivity contribution < 1.29 is 4.42 Å². The molecule has 2 N–H and O–H groups in total. The van der Waals surface area contributed by atoms with Gasteiger partial charge in [0.05, 0.1) is 6.04 Å². The Morgan fingerprint density at radius 3 is 3.05 bits per heavy atom. The summed E-state index contributed by atoms with van der Waals surface area (Å²) in [6.07, 6.45) is 0.889. The van der Waals surface area contributed by atoms with Gasteiger partial charge >= 0.3 is 0 Å². The number of fused-ring (bicyclic) bond motifs is 1. The van der Waals surface area contributed by atoms with Crippen LogP contribution in [0.25, 0.3) is 22.4 Å². The molecular weight excluding hydrogens is 324 g/mol. The zero-order valence-electron chi connectivity index (χ0n) is 10.4. The van der Waals surface area contributed by atoms with Gasteiger partial charge < -0.3 is 10.2 Å². The van der Waals surface area contributed by atoms with Crippen LogP contribution in [0.1, 0.15) is 24.4 Å². The van der Waals surface area contributed by atoms with E-state index in [0.29, 0.717) is 0 Å². The molecule has 0 spiro atoms. The molecule has 0 aliphatic rings. The van der Waals surface area contributed by atoms with Gasteiger partial charge in [0.2, 0.25) is 0 Å². The van der Waals surface area contributed by atoms with Gasteiger partial charge in [-0.25, -0.2) is 4.98 Å². The molecule has 0 amide bonds. The van der Waals surface area contributed by atoms with Crippen LogP contribution in [0.3, 0.4) is 0 Å². The molecule has 2 aromatic heterocycles. The first-order valence-electron chi connectivity index (χ1n) is 6.08. The molecule has 0 aliphatic carbocycles. The zero-order valence-corrected chi connectivity index (χ0v) is 12.8. The van der Waals surface area contributed by atoms with Crippen LogP contribution >= 0.6 is 27.3 Å². The molecule has 5 heteroatoms. The van der Waals surface area contributed by atoms with Crippen molar-refractivity contribution in [2.24, 2.45) is 5.73 Å². The first-order chi connectivity index (χ1) is 9.17. The van der Waals surface area contributed by atoms with E-state index in [0.717, 1.165) is 38.3 Å². The maximum absolute atomic E-state index is 5.99. The fourth-order valence-electron chi connectivity index (χ4n) is 1.89. The van der Waals surface area contributed by atoms with Gasteiger partial charge in [-0.05, 0) is 30.7 Å². The Morgan fingerprint density at radius 2 is 2.26 bits per heavy atom. The normalized spacial score (nSPS) is 13.0. The Bertz CT molecular complexity index is 719. The summed E-state index contributed by atoms with van der Waals surface area (Å²) in [5, 5.41) is 4.02. The van der Waals surface area contributed by atoms with Gasteiger partial charge in [0.1, 0.15) is 16.3 Å². The fourth-order valence-corrected chi connectivity index (χ4v) is 3.16. The Hall–Kier alpha value is -1.17. The van der Waals surface area contributed by atoms with Crippen LogP contribution in [0.5, 0.6) is 0 Å². The van der Waals surface area contributed by atoms with Crippen molar-refractivity contribution in [2.45, 2.75) is 19.4 Å². The van der Waals surface area contributed by atoms with Crippen molar-refractivity contribution in [3.63, 3.8) is 0 Å². The molecule has 0 saturated heterocycles. The molecule has 0 aliphatic heterocycles. The Labute approximate surface area is 123 Å². The first kappa shape index (κ1) is 12.8. The minimum absolute atomic E-state index is 0.0114. The molecule has 1 unspecified atom stereocenters. The lowest BCUT2D eigenvalue weighted by molar-refractivity contribution is 0.627. The van der Waals surface area contributed by atoms with Gasteiger partial charge in [-0.3, -0.25) is 0 Å². The number of nitrogens with two attached hydrogens (primary N) is 1. The zero-order chi connectivity index (χ0) is 13.4. The summed E-state index contributed by atoms with van der Waals surface area (Å²) >= 11 is 5.04. The molecule has 0 radical (unpaired) electrons. The highest BCUT2D eigenvalue weighted by Crippen LogP contribution is 2.31. The van der Waals surface area contributed by atoms with Crippen LogP contribution in [0.15, 0.2) is 38.5 Å². The monoisotopic (exact) mass is 336 g/mol. The number of aromatic nitrogens is 1. The minimum atomic E-state index is 0.0114. The molecule has 19 heavy (non-hydrogen) atoms. The molecule has 3 rings (SSSR count). The lowest BCUT2D eigenvalue weighted by Crippen LogP contribution is -2.07. The Morgan fingerprint density at radius 1 is 1.42 bits per heavy atom. The fraction of sp³-hybridized carbons (Fsp3) is 0.214. The predicted octanol–water partition coefficient (Wildman–Crippen LogP) is 4.73. The second kappa shape index (κ2) is 5.07. The minimum Gasteiger partial charge on any atom is -0.454 e. The average molecular weight is 337 g/mol. The second-order valence-electron chi connectivity index (χ2n) is 4.38. The van der Waals surface area contributed by atoms with E-state index in [2.05, 4.69) is 27.8 Å². The third-order valence-corrected chi connectivity index (χ3v) is 4.48. The molecule has 0 saturated carbocycles. The molecule has 3 aromatic rings. The number of rotatable bonds is 3. The van der Waals surface area contributed by atoms with Crippen molar-refractivity contribution in [3.05, 3.63) is 39.1 Å². The standard InChI is InChI=1S/C14H13BrN2OS/c1-2-10(16)14-17-11(7-19-14)13-6-8-5-9(15)3-4-12(8)18-13/h3-7,10H,2,16H2,1H3. The molecule has 3 nitrogen and oxygen atoms in total. The Balaban J connectivity index is 2.01. The molecule has 0 bridgehead atoms. The number of hydrogen-bond donors (Lipinski definition) is 1. The first-order valence-corrected chi connectivity index (χ1v) is 7.75. The summed E-state index contributed by atoms with van der Waals surface area (Å²) in [7, 11) is 0. The summed E-state index contributed by atoms with van der Waals surface area (Å²) in [6.45, 7) is 2.06.